The molecule has 0 aliphatic carbocycles. The smallest absolute Gasteiger partial charge is 0.311 e. The zero-order valence-electron chi connectivity index (χ0n) is 20.3. The van der Waals surface area contributed by atoms with Crippen LogP contribution >= 0.6 is 11.6 Å². The Bertz CT molecular complexity index is 1220. The Kier molecular flexibility index (Phi) is 8.21. The first-order valence-electron chi connectivity index (χ1n) is 12.3. The number of fused-ring (bicyclic) bond motifs is 1. The molecule has 1 unspecified atom stereocenters. The molecule has 36 heavy (non-hydrogen) atoms. The van der Waals surface area contributed by atoms with Gasteiger partial charge < -0.3 is 10.0 Å². The molecule has 0 bridgehead atoms. The lowest BCUT2D eigenvalue weighted by Crippen LogP contribution is -2.45. The summed E-state index contributed by atoms with van der Waals surface area (Å²) >= 11 is 6.02. The van der Waals surface area contributed by atoms with E-state index in [1.165, 1.54) is 0 Å². The number of carboxylic acids is 1. The molecule has 1 N–H and O–H groups in total. The predicted molar refractivity (Wildman–Crippen MR) is 138 cm³/mol. The van der Waals surface area contributed by atoms with Crippen molar-refractivity contribution in [3.05, 3.63) is 76.9 Å². The number of carbonyl (C=O) groups excluding carboxylic acids is 2. The third-order valence-corrected chi connectivity index (χ3v) is 6.85. The Labute approximate surface area is 215 Å². The standard InChI is InChI=1S/C28H30ClN3O4/c1-2-3-5-10-22-17-31(18-23(33)15-24(28(35)36)19-8-6-4-7-9-19)27(34)26-16-25(30-32(22)26)20-11-13-21(29)14-12-20/h4,6-9,11-14,16,22,24H,2-3,5,10,15,17-18H2,1H3,(H,35,36)/t22?,24-/m1/s1. The topological polar surface area (TPSA) is 92.5 Å². The molecule has 1 aliphatic rings. The largest absolute Gasteiger partial charge is 0.481 e. The van der Waals surface area contributed by atoms with Gasteiger partial charge in [0.1, 0.15) is 5.69 Å². The Balaban J connectivity index is 1.55. The van der Waals surface area contributed by atoms with Crippen LogP contribution in [0.5, 0.6) is 0 Å². The Hall–Kier alpha value is -3.45. The SMILES string of the molecule is CCCCCC1CN(CC(=O)C[C@@H](C(=O)O)c2ccccc2)C(=O)c2cc(-c3ccc(Cl)cc3)nn21. The van der Waals surface area contributed by atoms with Gasteiger partial charge in [0.05, 0.1) is 24.2 Å². The molecular weight excluding hydrogens is 478 g/mol. The number of amides is 1. The minimum atomic E-state index is -1.05. The maximum absolute atomic E-state index is 13.4. The van der Waals surface area contributed by atoms with Gasteiger partial charge in [-0.05, 0) is 30.2 Å². The number of carbonyl (C=O) groups is 3. The van der Waals surface area contributed by atoms with Gasteiger partial charge in [0, 0.05) is 23.6 Å². The second kappa shape index (κ2) is 11.5. The second-order valence-electron chi connectivity index (χ2n) is 9.25. The van der Waals surface area contributed by atoms with E-state index in [2.05, 4.69) is 6.92 Å². The first kappa shape index (κ1) is 25.6. The van der Waals surface area contributed by atoms with Crippen molar-refractivity contribution in [1.82, 2.24) is 14.7 Å². The maximum Gasteiger partial charge on any atom is 0.311 e. The number of halogens is 1. The van der Waals surface area contributed by atoms with Gasteiger partial charge in [-0.25, -0.2) is 0 Å². The average Bonchev–Trinajstić information content (AvgIpc) is 3.32. The first-order chi connectivity index (χ1) is 17.4. The maximum atomic E-state index is 13.4. The van der Waals surface area contributed by atoms with Crippen LogP contribution in [0.15, 0.2) is 60.7 Å². The van der Waals surface area contributed by atoms with E-state index in [0.717, 1.165) is 31.2 Å². The second-order valence-corrected chi connectivity index (χ2v) is 9.68. The van der Waals surface area contributed by atoms with Crippen molar-refractivity contribution in [2.75, 3.05) is 13.1 Å². The molecule has 2 heterocycles. The molecule has 7 nitrogen and oxygen atoms in total. The Morgan fingerprint density at radius 2 is 1.83 bits per heavy atom. The first-order valence-corrected chi connectivity index (χ1v) is 12.7. The molecular formula is C28H30ClN3O4. The van der Waals surface area contributed by atoms with Gasteiger partial charge in [-0.15, -0.1) is 0 Å². The summed E-state index contributed by atoms with van der Waals surface area (Å²) in [7, 11) is 0. The van der Waals surface area contributed by atoms with Crippen LogP contribution in [0.25, 0.3) is 11.3 Å². The minimum Gasteiger partial charge on any atom is -0.481 e. The summed E-state index contributed by atoms with van der Waals surface area (Å²) in [5.41, 5.74) is 2.56. The fraction of sp³-hybridized carbons (Fsp3) is 0.357. The molecule has 0 fully saturated rings. The molecule has 8 heteroatoms. The van der Waals surface area contributed by atoms with E-state index in [0.29, 0.717) is 28.5 Å². The number of unbranched alkanes of at least 4 members (excludes halogenated alkanes) is 2. The minimum absolute atomic E-state index is 0.0532. The van der Waals surface area contributed by atoms with Gasteiger partial charge in [-0.3, -0.25) is 19.1 Å². The van der Waals surface area contributed by atoms with E-state index in [4.69, 9.17) is 16.7 Å². The number of rotatable bonds is 11. The summed E-state index contributed by atoms with van der Waals surface area (Å²) in [6, 6.07) is 17.7. The third-order valence-electron chi connectivity index (χ3n) is 6.60. The summed E-state index contributed by atoms with van der Waals surface area (Å²) in [6.45, 7) is 2.38. The highest BCUT2D eigenvalue weighted by Crippen LogP contribution is 2.30. The fourth-order valence-electron chi connectivity index (χ4n) is 4.69. The third kappa shape index (κ3) is 5.85. The van der Waals surface area contributed by atoms with Crippen LogP contribution in [-0.2, 0) is 9.59 Å². The van der Waals surface area contributed by atoms with Crippen molar-refractivity contribution >= 4 is 29.3 Å². The monoisotopic (exact) mass is 507 g/mol. The van der Waals surface area contributed by atoms with E-state index in [-0.39, 0.29) is 30.7 Å². The number of ketones is 1. The highest BCUT2D eigenvalue weighted by atomic mass is 35.5. The lowest BCUT2D eigenvalue weighted by molar-refractivity contribution is -0.140. The van der Waals surface area contributed by atoms with Crippen LogP contribution in [0, 0.1) is 0 Å². The van der Waals surface area contributed by atoms with Crippen molar-refractivity contribution in [2.45, 2.75) is 51.0 Å². The normalized spacial score (nSPS) is 16.0. The molecule has 0 spiro atoms. The van der Waals surface area contributed by atoms with Crippen molar-refractivity contribution < 1.29 is 19.5 Å². The molecule has 188 valence electrons. The molecule has 1 aliphatic heterocycles. The quantitative estimate of drug-likeness (QED) is 0.340. The molecule has 0 saturated carbocycles. The molecule has 0 radical (unpaired) electrons. The van der Waals surface area contributed by atoms with E-state index < -0.39 is 11.9 Å². The van der Waals surface area contributed by atoms with E-state index in [9.17, 15) is 19.5 Å². The van der Waals surface area contributed by atoms with Gasteiger partial charge in [-0.1, -0.05) is 80.3 Å². The van der Waals surface area contributed by atoms with Gasteiger partial charge >= 0.3 is 5.97 Å². The van der Waals surface area contributed by atoms with Gasteiger partial charge in [0.25, 0.3) is 5.91 Å². The lowest BCUT2D eigenvalue weighted by atomic mass is 9.93. The van der Waals surface area contributed by atoms with Crippen LogP contribution in [0.3, 0.4) is 0 Å². The molecule has 1 aromatic heterocycles. The molecule has 2 aromatic carbocycles. The highest BCUT2D eigenvalue weighted by molar-refractivity contribution is 6.30. The molecule has 3 aromatic rings. The zero-order valence-corrected chi connectivity index (χ0v) is 21.0. The lowest BCUT2D eigenvalue weighted by Gasteiger charge is -2.33. The van der Waals surface area contributed by atoms with Crippen LogP contribution < -0.4 is 0 Å². The highest BCUT2D eigenvalue weighted by Gasteiger charge is 2.34. The number of aliphatic carboxylic acids is 1. The van der Waals surface area contributed by atoms with E-state index in [1.807, 2.05) is 12.1 Å². The Morgan fingerprint density at radius 1 is 1.11 bits per heavy atom. The van der Waals surface area contributed by atoms with Crippen LogP contribution in [-0.4, -0.2) is 50.5 Å². The zero-order chi connectivity index (χ0) is 25.7. The summed E-state index contributed by atoms with van der Waals surface area (Å²) in [5.74, 6) is -2.55. The summed E-state index contributed by atoms with van der Waals surface area (Å²) in [6.07, 6.45) is 3.80. The van der Waals surface area contributed by atoms with Gasteiger partial charge in [-0.2, -0.15) is 5.10 Å². The number of hydrogen-bond donors (Lipinski definition) is 1. The Morgan fingerprint density at radius 3 is 2.50 bits per heavy atom. The summed E-state index contributed by atoms with van der Waals surface area (Å²) < 4.78 is 1.80. The summed E-state index contributed by atoms with van der Waals surface area (Å²) in [4.78, 5) is 39.8. The van der Waals surface area contributed by atoms with Gasteiger partial charge in [0.2, 0.25) is 0 Å². The summed E-state index contributed by atoms with van der Waals surface area (Å²) in [5, 5.41) is 15.1. The van der Waals surface area contributed by atoms with Crippen molar-refractivity contribution in [3.8, 4) is 11.3 Å². The van der Waals surface area contributed by atoms with Gasteiger partial charge in [0.15, 0.2) is 5.78 Å². The average molecular weight is 508 g/mol. The number of Topliss-reactive ketones (excluding diaryl/α,β-unsaturated/α-hetero) is 1. The van der Waals surface area contributed by atoms with Crippen LogP contribution in [0.2, 0.25) is 5.02 Å². The van der Waals surface area contributed by atoms with Crippen LogP contribution in [0.4, 0.5) is 0 Å². The van der Waals surface area contributed by atoms with Crippen molar-refractivity contribution in [1.29, 1.82) is 0 Å². The number of carboxylic acid groups (broad SMARTS) is 1. The number of aromatic nitrogens is 2. The number of benzene rings is 2. The van der Waals surface area contributed by atoms with Crippen molar-refractivity contribution in [3.63, 3.8) is 0 Å². The number of nitrogens with zero attached hydrogens (tertiary/aromatic N) is 3. The van der Waals surface area contributed by atoms with Crippen LogP contribution in [0.1, 0.15) is 67.0 Å². The molecule has 4 rings (SSSR count). The molecule has 0 saturated heterocycles. The van der Waals surface area contributed by atoms with E-state index in [1.54, 1.807) is 58.1 Å². The van der Waals surface area contributed by atoms with E-state index >= 15 is 0 Å². The fourth-order valence-corrected chi connectivity index (χ4v) is 4.81. The molecule has 1 amide bonds. The predicted octanol–water partition coefficient (Wildman–Crippen LogP) is 5.61. The number of hydrogen-bond acceptors (Lipinski definition) is 4. The molecule has 2 atom stereocenters. The van der Waals surface area contributed by atoms with Crippen molar-refractivity contribution in [2.24, 2.45) is 0 Å².